The summed E-state index contributed by atoms with van der Waals surface area (Å²) in [5, 5.41) is 12.1. The molecule has 18 heavy (non-hydrogen) atoms. The maximum atomic E-state index is 12.6. The number of anilines is 1. The Morgan fingerprint density at radius 1 is 1.22 bits per heavy atom. The minimum absolute atomic E-state index is 0.0315. The summed E-state index contributed by atoms with van der Waals surface area (Å²) < 4.78 is 23.9. The van der Waals surface area contributed by atoms with Gasteiger partial charge in [0.1, 0.15) is 5.75 Å². The number of amides is 1. The second-order valence-electron chi connectivity index (χ2n) is 4.84. The third-order valence-corrected chi connectivity index (χ3v) is 6.38. The van der Waals surface area contributed by atoms with Gasteiger partial charge in [0.15, 0.2) is 14.6 Å². The third-order valence-electron chi connectivity index (χ3n) is 3.84. The molecule has 0 bridgehead atoms. The second-order valence-corrected chi connectivity index (χ2v) is 7.07. The SMILES string of the molecule is O=C1Nc2ccc(O)cc2S(=O)(=O)C12CCCC2. The first-order valence-electron chi connectivity index (χ1n) is 5.86. The average molecular weight is 267 g/mol. The average Bonchev–Trinajstić information content (AvgIpc) is 2.80. The van der Waals surface area contributed by atoms with Crippen LogP contribution in [0.15, 0.2) is 23.1 Å². The van der Waals surface area contributed by atoms with Gasteiger partial charge in [0, 0.05) is 6.07 Å². The highest BCUT2D eigenvalue weighted by Crippen LogP contribution is 2.46. The van der Waals surface area contributed by atoms with Gasteiger partial charge in [0.2, 0.25) is 5.91 Å². The topological polar surface area (TPSA) is 83.5 Å². The molecule has 0 atom stereocenters. The lowest BCUT2D eigenvalue weighted by atomic mass is 10.1. The highest BCUT2D eigenvalue weighted by molar-refractivity contribution is 7.94. The smallest absolute Gasteiger partial charge is 0.246 e. The lowest BCUT2D eigenvalue weighted by Crippen LogP contribution is -2.50. The highest BCUT2D eigenvalue weighted by Gasteiger charge is 2.56. The van der Waals surface area contributed by atoms with E-state index >= 15 is 0 Å². The minimum Gasteiger partial charge on any atom is -0.508 e. The van der Waals surface area contributed by atoms with E-state index in [9.17, 15) is 18.3 Å². The van der Waals surface area contributed by atoms with Gasteiger partial charge in [-0.2, -0.15) is 0 Å². The Morgan fingerprint density at radius 2 is 1.89 bits per heavy atom. The van der Waals surface area contributed by atoms with Gasteiger partial charge in [-0.05, 0) is 25.0 Å². The Hall–Kier alpha value is -1.56. The fourth-order valence-electron chi connectivity index (χ4n) is 2.85. The predicted octanol–water partition coefficient (Wildman–Crippen LogP) is 1.43. The normalized spacial score (nSPS) is 23.7. The molecule has 6 heteroatoms. The number of hydrogen-bond acceptors (Lipinski definition) is 4. The Kier molecular flexibility index (Phi) is 2.22. The molecule has 2 N–H and O–H groups in total. The molecule has 0 aromatic heterocycles. The second kappa shape index (κ2) is 3.47. The van der Waals surface area contributed by atoms with Crippen LogP contribution in [-0.4, -0.2) is 24.2 Å². The summed E-state index contributed by atoms with van der Waals surface area (Å²) in [6.45, 7) is 0. The number of benzene rings is 1. The molecule has 1 aromatic carbocycles. The summed E-state index contributed by atoms with van der Waals surface area (Å²) >= 11 is 0. The van der Waals surface area contributed by atoms with Gasteiger partial charge in [-0.15, -0.1) is 0 Å². The van der Waals surface area contributed by atoms with Gasteiger partial charge in [-0.25, -0.2) is 8.42 Å². The first-order valence-corrected chi connectivity index (χ1v) is 7.35. The summed E-state index contributed by atoms with van der Waals surface area (Å²) in [5.74, 6) is -0.542. The first kappa shape index (κ1) is 11.5. The van der Waals surface area contributed by atoms with Crippen LogP contribution in [0.4, 0.5) is 5.69 Å². The van der Waals surface area contributed by atoms with Crippen LogP contribution in [0.25, 0.3) is 0 Å². The minimum atomic E-state index is -3.73. The van der Waals surface area contributed by atoms with Crippen molar-refractivity contribution in [3.8, 4) is 5.75 Å². The predicted molar refractivity (Wildman–Crippen MR) is 65.1 cm³/mol. The molecule has 0 unspecified atom stereocenters. The van der Waals surface area contributed by atoms with Crippen molar-refractivity contribution in [2.45, 2.75) is 35.3 Å². The van der Waals surface area contributed by atoms with Gasteiger partial charge in [0.25, 0.3) is 0 Å². The summed E-state index contributed by atoms with van der Waals surface area (Å²) in [6.07, 6.45) is 2.19. The van der Waals surface area contributed by atoms with Crippen molar-refractivity contribution in [3.63, 3.8) is 0 Å². The molecule has 0 radical (unpaired) electrons. The molecule has 1 saturated carbocycles. The summed E-state index contributed by atoms with van der Waals surface area (Å²) in [5.41, 5.74) is 0.260. The maximum absolute atomic E-state index is 12.6. The van der Waals surface area contributed by atoms with Gasteiger partial charge < -0.3 is 10.4 Å². The first-order chi connectivity index (χ1) is 8.47. The molecule has 1 spiro atoms. The molecule has 1 heterocycles. The molecule has 2 aliphatic rings. The fraction of sp³-hybridized carbons (Fsp3) is 0.417. The Labute approximate surface area is 105 Å². The van der Waals surface area contributed by atoms with Crippen LogP contribution in [0.2, 0.25) is 0 Å². The molecule has 1 amide bonds. The number of phenols is 1. The molecule has 1 aliphatic heterocycles. The van der Waals surface area contributed by atoms with Crippen molar-refractivity contribution in [2.75, 3.05) is 5.32 Å². The van der Waals surface area contributed by atoms with E-state index in [2.05, 4.69) is 5.32 Å². The van der Waals surface area contributed by atoms with Crippen molar-refractivity contribution in [3.05, 3.63) is 18.2 Å². The van der Waals surface area contributed by atoms with Crippen LogP contribution in [0.5, 0.6) is 5.75 Å². The number of carbonyl (C=O) groups excluding carboxylic acids is 1. The number of nitrogens with one attached hydrogen (secondary N) is 1. The largest absolute Gasteiger partial charge is 0.508 e. The summed E-state index contributed by atoms with van der Waals surface area (Å²) in [7, 11) is -3.73. The molecule has 1 fully saturated rings. The number of carbonyl (C=O) groups is 1. The molecule has 1 aromatic rings. The van der Waals surface area contributed by atoms with Crippen LogP contribution in [0, 0.1) is 0 Å². The lowest BCUT2D eigenvalue weighted by Gasteiger charge is -2.33. The van der Waals surface area contributed by atoms with Gasteiger partial charge >= 0.3 is 0 Å². The van der Waals surface area contributed by atoms with Gasteiger partial charge in [0.05, 0.1) is 10.6 Å². The molecule has 3 rings (SSSR count). The van der Waals surface area contributed by atoms with E-state index in [0.29, 0.717) is 12.8 Å². The zero-order chi connectivity index (χ0) is 13.0. The van der Waals surface area contributed by atoms with Crippen molar-refractivity contribution >= 4 is 21.4 Å². The van der Waals surface area contributed by atoms with E-state index < -0.39 is 20.5 Å². The Bertz CT molecular complexity index is 629. The van der Waals surface area contributed by atoms with Crippen LogP contribution in [0.3, 0.4) is 0 Å². The number of aromatic hydroxyl groups is 1. The monoisotopic (exact) mass is 267 g/mol. The summed E-state index contributed by atoms with van der Waals surface area (Å²) in [6, 6.07) is 3.99. The molecular formula is C12H13NO4S. The van der Waals surface area contributed by atoms with Gasteiger partial charge in [-0.1, -0.05) is 12.8 Å². The number of hydrogen-bond donors (Lipinski definition) is 2. The van der Waals surface area contributed by atoms with Crippen LogP contribution in [0.1, 0.15) is 25.7 Å². The Balaban J connectivity index is 2.28. The molecular weight excluding hydrogens is 254 g/mol. The van der Waals surface area contributed by atoms with E-state index in [4.69, 9.17) is 0 Å². The van der Waals surface area contributed by atoms with Crippen LogP contribution >= 0.6 is 0 Å². The summed E-state index contributed by atoms with van der Waals surface area (Å²) in [4.78, 5) is 12.2. The van der Waals surface area contributed by atoms with Gasteiger partial charge in [-0.3, -0.25) is 4.79 Å². The third kappa shape index (κ3) is 1.26. The van der Waals surface area contributed by atoms with E-state index in [-0.39, 0.29) is 16.3 Å². The van der Waals surface area contributed by atoms with E-state index in [0.717, 1.165) is 12.8 Å². The molecule has 1 aliphatic carbocycles. The van der Waals surface area contributed by atoms with Crippen molar-refractivity contribution in [1.29, 1.82) is 0 Å². The fourth-order valence-corrected chi connectivity index (χ4v) is 5.07. The van der Waals surface area contributed by atoms with Crippen molar-refractivity contribution < 1.29 is 18.3 Å². The number of phenolic OH excluding ortho intramolecular Hbond substituents is 1. The number of fused-ring (bicyclic) bond motifs is 1. The van der Waals surface area contributed by atoms with Crippen LogP contribution < -0.4 is 5.32 Å². The molecule has 96 valence electrons. The zero-order valence-electron chi connectivity index (χ0n) is 9.64. The van der Waals surface area contributed by atoms with E-state index in [1.807, 2.05) is 0 Å². The van der Waals surface area contributed by atoms with Crippen LogP contribution in [-0.2, 0) is 14.6 Å². The molecule has 5 nitrogen and oxygen atoms in total. The lowest BCUT2D eigenvalue weighted by molar-refractivity contribution is -0.118. The maximum Gasteiger partial charge on any atom is 0.246 e. The highest BCUT2D eigenvalue weighted by atomic mass is 32.2. The van der Waals surface area contributed by atoms with E-state index in [1.165, 1.54) is 18.2 Å². The number of sulfone groups is 1. The number of rotatable bonds is 0. The Morgan fingerprint density at radius 3 is 2.56 bits per heavy atom. The van der Waals surface area contributed by atoms with E-state index in [1.54, 1.807) is 0 Å². The standard InChI is InChI=1S/C12H13NO4S/c14-8-3-4-9-10(7-8)18(16,17)12(11(15)13-9)5-1-2-6-12/h3-4,7,14H,1-2,5-6H2,(H,13,15). The van der Waals surface area contributed by atoms with Crippen molar-refractivity contribution in [1.82, 2.24) is 0 Å². The zero-order valence-corrected chi connectivity index (χ0v) is 10.5. The molecule has 0 saturated heterocycles. The quantitative estimate of drug-likeness (QED) is 0.696. The van der Waals surface area contributed by atoms with Crippen molar-refractivity contribution in [2.24, 2.45) is 0 Å².